The lowest BCUT2D eigenvalue weighted by atomic mass is 10.0. The molecule has 0 fully saturated rings. The van der Waals surface area contributed by atoms with Crippen LogP contribution in [0.4, 0.5) is 26.3 Å². The summed E-state index contributed by atoms with van der Waals surface area (Å²) < 4.78 is 91.9. The predicted molar refractivity (Wildman–Crippen MR) is 106 cm³/mol. The van der Waals surface area contributed by atoms with Gasteiger partial charge in [0, 0.05) is 17.1 Å². The standard InChI is InChI=1S/C22H19F6NO4/c1-11(2)5-12-9-29-18-4-3-13(6-15(12)18)33-20-16(21(23,24)25)7-14(32-10-19(30)31)8-17(20)22(26,27)28/h3-4,6-9,11,29H,5,10H2,1-2H3,(H,30,31). The van der Waals surface area contributed by atoms with E-state index in [9.17, 15) is 31.1 Å². The summed E-state index contributed by atoms with van der Waals surface area (Å²) in [6, 6.07) is 4.70. The Kier molecular flexibility index (Phi) is 6.53. The topological polar surface area (TPSA) is 71.5 Å². The van der Waals surface area contributed by atoms with Crippen molar-refractivity contribution in [2.75, 3.05) is 6.61 Å². The minimum absolute atomic E-state index is 0.220. The molecule has 0 amide bonds. The second kappa shape index (κ2) is 8.87. The Labute approximate surface area is 183 Å². The summed E-state index contributed by atoms with van der Waals surface area (Å²) in [6.45, 7) is 2.83. The number of carboxylic acids is 1. The van der Waals surface area contributed by atoms with Crippen molar-refractivity contribution in [2.24, 2.45) is 5.92 Å². The number of carbonyl (C=O) groups is 1. The van der Waals surface area contributed by atoms with Crippen LogP contribution in [0.3, 0.4) is 0 Å². The van der Waals surface area contributed by atoms with Crippen molar-refractivity contribution in [3.63, 3.8) is 0 Å². The maximum atomic E-state index is 13.7. The third-order valence-electron chi connectivity index (χ3n) is 4.62. The number of fused-ring (bicyclic) bond motifs is 1. The predicted octanol–water partition coefficient (Wildman–Crippen LogP) is 6.66. The summed E-state index contributed by atoms with van der Waals surface area (Å²) in [6.07, 6.45) is -8.11. The Morgan fingerprint density at radius 3 is 2.12 bits per heavy atom. The molecule has 0 spiro atoms. The van der Waals surface area contributed by atoms with Crippen LogP contribution in [0.25, 0.3) is 10.9 Å². The summed E-state index contributed by atoms with van der Waals surface area (Å²) in [7, 11) is 0. The molecule has 0 radical (unpaired) electrons. The van der Waals surface area contributed by atoms with Gasteiger partial charge in [0.2, 0.25) is 0 Å². The zero-order chi connectivity index (χ0) is 24.6. The summed E-state index contributed by atoms with van der Waals surface area (Å²) in [4.78, 5) is 13.6. The van der Waals surface area contributed by atoms with E-state index in [1.165, 1.54) is 18.2 Å². The van der Waals surface area contributed by atoms with Gasteiger partial charge in [-0.3, -0.25) is 0 Å². The van der Waals surface area contributed by atoms with E-state index in [0.29, 0.717) is 17.3 Å². The van der Waals surface area contributed by atoms with E-state index in [0.717, 1.165) is 5.56 Å². The molecule has 0 unspecified atom stereocenters. The maximum Gasteiger partial charge on any atom is 0.420 e. The largest absolute Gasteiger partial charge is 0.482 e. The van der Waals surface area contributed by atoms with Crippen LogP contribution in [0.5, 0.6) is 17.2 Å². The Bertz CT molecular complexity index is 1130. The van der Waals surface area contributed by atoms with Crippen molar-refractivity contribution in [3.8, 4) is 17.2 Å². The lowest BCUT2D eigenvalue weighted by Crippen LogP contribution is -2.16. The molecule has 33 heavy (non-hydrogen) atoms. The highest BCUT2D eigenvalue weighted by molar-refractivity contribution is 5.84. The molecule has 3 aromatic rings. The van der Waals surface area contributed by atoms with E-state index in [1.807, 2.05) is 13.8 Å². The first kappa shape index (κ1) is 24.3. The van der Waals surface area contributed by atoms with Gasteiger partial charge < -0.3 is 19.6 Å². The number of hydrogen-bond donors (Lipinski definition) is 2. The molecule has 0 aliphatic heterocycles. The highest BCUT2D eigenvalue weighted by atomic mass is 19.4. The van der Waals surface area contributed by atoms with Crippen LogP contribution in [-0.2, 0) is 23.6 Å². The first-order valence-electron chi connectivity index (χ1n) is 9.70. The number of aliphatic carboxylic acids is 1. The fourth-order valence-corrected chi connectivity index (χ4v) is 3.31. The van der Waals surface area contributed by atoms with Crippen molar-refractivity contribution in [3.05, 3.63) is 53.2 Å². The molecular formula is C22H19F6NO4. The summed E-state index contributed by atoms with van der Waals surface area (Å²) in [5.41, 5.74) is -1.99. The molecule has 0 saturated carbocycles. The first-order valence-corrected chi connectivity index (χ1v) is 9.70. The third kappa shape index (κ3) is 5.71. The summed E-state index contributed by atoms with van der Waals surface area (Å²) in [5.74, 6) is -3.86. The van der Waals surface area contributed by atoms with Crippen molar-refractivity contribution >= 4 is 16.9 Å². The zero-order valence-corrected chi connectivity index (χ0v) is 17.4. The van der Waals surface area contributed by atoms with Gasteiger partial charge in [0.25, 0.3) is 0 Å². The molecule has 11 heteroatoms. The summed E-state index contributed by atoms with van der Waals surface area (Å²) >= 11 is 0. The Balaban J connectivity index is 2.13. The SMILES string of the molecule is CC(C)Cc1c[nH]c2ccc(Oc3c(C(F)(F)F)cc(OCC(=O)O)cc3C(F)(F)F)cc12. The lowest BCUT2D eigenvalue weighted by Gasteiger charge is -2.20. The fourth-order valence-electron chi connectivity index (χ4n) is 3.31. The van der Waals surface area contributed by atoms with Gasteiger partial charge in [0.05, 0.1) is 0 Å². The van der Waals surface area contributed by atoms with Crippen LogP contribution in [0, 0.1) is 5.92 Å². The molecule has 0 aliphatic carbocycles. The molecule has 0 aliphatic rings. The number of carboxylic acid groups (broad SMARTS) is 1. The first-order chi connectivity index (χ1) is 15.3. The van der Waals surface area contributed by atoms with Crippen molar-refractivity contribution in [1.82, 2.24) is 4.98 Å². The van der Waals surface area contributed by atoms with Crippen LogP contribution in [0.15, 0.2) is 36.5 Å². The van der Waals surface area contributed by atoms with Gasteiger partial charge in [-0.2, -0.15) is 26.3 Å². The number of hydrogen-bond acceptors (Lipinski definition) is 3. The van der Waals surface area contributed by atoms with Gasteiger partial charge in [0.15, 0.2) is 12.4 Å². The van der Waals surface area contributed by atoms with Crippen LogP contribution in [0.2, 0.25) is 0 Å². The highest BCUT2D eigenvalue weighted by Gasteiger charge is 2.43. The number of rotatable bonds is 7. The van der Waals surface area contributed by atoms with Crippen LogP contribution < -0.4 is 9.47 Å². The van der Waals surface area contributed by atoms with Crippen LogP contribution >= 0.6 is 0 Å². The molecule has 3 rings (SSSR count). The molecule has 1 aromatic heterocycles. The van der Waals surface area contributed by atoms with E-state index >= 15 is 0 Å². The normalized spacial score (nSPS) is 12.4. The van der Waals surface area contributed by atoms with Gasteiger partial charge in [0.1, 0.15) is 22.6 Å². The average molecular weight is 475 g/mol. The number of nitrogens with one attached hydrogen (secondary N) is 1. The fraction of sp³-hybridized carbons (Fsp3) is 0.318. The van der Waals surface area contributed by atoms with Gasteiger partial charge >= 0.3 is 18.3 Å². The Hall–Kier alpha value is -3.37. The van der Waals surface area contributed by atoms with E-state index < -0.39 is 47.6 Å². The molecule has 0 atom stereocenters. The van der Waals surface area contributed by atoms with Gasteiger partial charge in [-0.05, 0) is 48.2 Å². The monoisotopic (exact) mass is 475 g/mol. The summed E-state index contributed by atoms with van der Waals surface area (Å²) in [5, 5.41) is 9.25. The molecule has 0 saturated heterocycles. The quantitative estimate of drug-likeness (QED) is 0.375. The molecule has 2 N–H and O–H groups in total. The van der Waals surface area contributed by atoms with Gasteiger partial charge in [-0.1, -0.05) is 13.8 Å². The smallest absolute Gasteiger partial charge is 0.420 e. The zero-order valence-electron chi connectivity index (χ0n) is 17.4. The van der Waals surface area contributed by atoms with E-state index in [-0.39, 0.29) is 23.8 Å². The van der Waals surface area contributed by atoms with Crippen LogP contribution in [-0.4, -0.2) is 22.7 Å². The molecule has 178 valence electrons. The molecule has 2 aromatic carbocycles. The molecule has 1 heterocycles. The number of alkyl halides is 6. The molecule has 0 bridgehead atoms. The van der Waals surface area contributed by atoms with Crippen LogP contribution in [0.1, 0.15) is 30.5 Å². The second-order valence-electron chi connectivity index (χ2n) is 7.75. The number of ether oxygens (including phenoxy) is 2. The number of H-pyrrole nitrogens is 1. The minimum Gasteiger partial charge on any atom is -0.482 e. The second-order valence-corrected chi connectivity index (χ2v) is 7.75. The van der Waals surface area contributed by atoms with E-state index in [1.54, 1.807) is 6.20 Å². The molecule has 5 nitrogen and oxygen atoms in total. The van der Waals surface area contributed by atoms with Crippen molar-refractivity contribution < 1.29 is 45.7 Å². The number of aromatic amines is 1. The lowest BCUT2D eigenvalue weighted by molar-refractivity contribution is -0.145. The number of halogens is 6. The average Bonchev–Trinajstić information content (AvgIpc) is 3.06. The number of benzene rings is 2. The van der Waals surface area contributed by atoms with Gasteiger partial charge in [-0.25, -0.2) is 4.79 Å². The van der Waals surface area contributed by atoms with Crippen molar-refractivity contribution in [1.29, 1.82) is 0 Å². The highest BCUT2D eigenvalue weighted by Crippen LogP contribution is 2.48. The Morgan fingerprint density at radius 1 is 1.00 bits per heavy atom. The maximum absolute atomic E-state index is 13.7. The van der Waals surface area contributed by atoms with E-state index in [4.69, 9.17) is 9.84 Å². The van der Waals surface area contributed by atoms with E-state index in [2.05, 4.69) is 9.72 Å². The van der Waals surface area contributed by atoms with Gasteiger partial charge in [-0.15, -0.1) is 0 Å². The minimum atomic E-state index is -5.24. The third-order valence-corrected chi connectivity index (χ3v) is 4.62. The Morgan fingerprint density at radius 2 is 1.61 bits per heavy atom. The molecular weight excluding hydrogens is 456 g/mol. The van der Waals surface area contributed by atoms with Crippen molar-refractivity contribution in [2.45, 2.75) is 32.6 Å². The number of aromatic nitrogens is 1.